The van der Waals surface area contributed by atoms with E-state index in [2.05, 4.69) is 36.2 Å². The van der Waals surface area contributed by atoms with Gasteiger partial charge in [0.15, 0.2) is 23.2 Å². The van der Waals surface area contributed by atoms with Crippen molar-refractivity contribution < 1.29 is 58.9 Å². The molecule has 1 saturated heterocycles. The molecule has 14 nitrogen and oxygen atoms in total. The van der Waals surface area contributed by atoms with Crippen molar-refractivity contribution in [3.8, 4) is 0 Å². The monoisotopic (exact) mass is 506 g/mol. The number of nitrogens with zero attached hydrogens (tertiary/aromatic N) is 4. The van der Waals surface area contributed by atoms with Crippen LogP contribution in [0.2, 0.25) is 0 Å². The van der Waals surface area contributed by atoms with Gasteiger partial charge in [-0.2, -0.15) is 0 Å². The molecule has 4 atom stereocenters. The van der Waals surface area contributed by atoms with E-state index in [1.54, 1.807) is 24.3 Å². The molecule has 4 rings (SSSR count). The Balaban J connectivity index is 0.00000361. The molecule has 3 aromatic rings. The number of aromatic nitrogens is 4. The fourth-order valence-electron chi connectivity index (χ4n) is 3.87. The van der Waals surface area contributed by atoms with Gasteiger partial charge in [0, 0.05) is 31.2 Å². The van der Waals surface area contributed by atoms with E-state index in [1.165, 1.54) is 24.3 Å². The number of para-hydroxylation sites is 1. The number of carboxylic acid groups (broad SMARTS) is 1. The molecule has 3 heterocycles. The van der Waals surface area contributed by atoms with Gasteiger partial charge in [0.25, 0.3) is 0 Å². The topological polar surface area (TPSA) is 195 Å². The van der Waals surface area contributed by atoms with Gasteiger partial charge < -0.3 is 35.7 Å². The van der Waals surface area contributed by atoms with Crippen LogP contribution in [0.3, 0.4) is 0 Å². The molecule has 0 unspecified atom stereocenters. The maximum Gasteiger partial charge on any atom is 1.00 e. The molecule has 1 aromatic carbocycles. The molecular weight excluding hydrogens is 483 g/mol. The molecule has 36 heavy (non-hydrogen) atoms. The number of ether oxygens (including phenoxy) is 1. The quantitative estimate of drug-likeness (QED) is 0.201. The number of hydrogen-bond acceptors (Lipinski definition) is 9. The van der Waals surface area contributed by atoms with Crippen molar-refractivity contribution in [3.05, 3.63) is 43.0 Å². The molecule has 15 heteroatoms. The summed E-state index contributed by atoms with van der Waals surface area (Å²) in [7, 11) is 1.43. The van der Waals surface area contributed by atoms with E-state index in [9.17, 15) is 24.6 Å². The van der Waals surface area contributed by atoms with Crippen LogP contribution in [0.4, 0.5) is 21.1 Å². The Labute approximate surface area is 227 Å². The molecular formula is C21H23N8NaO6. The largest absolute Gasteiger partial charge is 1.00 e. The first kappa shape index (κ1) is 27.3. The van der Waals surface area contributed by atoms with Crippen LogP contribution in [0.1, 0.15) is 12.6 Å². The van der Waals surface area contributed by atoms with Gasteiger partial charge in [-0.25, -0.2) is 24.5 Å². The van der Waals surface area contributed by atoms with Crippen molar-refractivity contribution in [1.82, 2.24) is 30.2 Å². The number of imidazole rings is 1. The van der Waals surface area contributed by atoms with E-state index in [4.69, 9.17) is 4.74 Å². The zero-order valence-corrected chi connectivity index (χ0v) is 21.5. The zero-order chi connectivity index (χ0) is 24.9. The summed E-state index contributed by atoms with van der Waals surface area (Å²) in [5, 5.41) is 32.4. The first-order valence-corrected chi connectivity index (χ1v) is 10.7. The number of urea groups is 2. The van der Waals surface area contributed by atoms with E-state index < -0.39 is 48.8 Å². The molecule has 184 valence electrons. The van der Waals surface area contributed by atoms with Gasteiger partial charge in [-0.3, -0.25) is 9.88 Å². The Kier molecular flexibility index (Phi) is 9.17. The van der Waals surface area contributed by atoms with Gasteiger partial charge in [0.05, 0.1) is 12.4 Å². The Morgan fingerprint density at radius 1 is 1.11 bits per heavy atom. The first-order valence-electron chi connectivity index (χ1n) is 10.7. The molecule has 0 spiro atoms. The summed E-state index contributed by atoms with van der Waals surface area (Å²) in [6.45, 7) is -0.0424. The van der Waals surface area contributed by atoms with Crippen molar-refractivity contribution in [2.24, 2.45) is 5.92 Å². The van der Waals surface area contributed by atoms with E-state index >= 15 is 0 Å². The fraction of sp³-hybridized carbons (Fsp3) is 0.333. The Morgan fingerprint density at radius 2 is 1.86 bits per heavy atom. The second-order valence-corrected chi connectivity index (χ2v) is 7.75. The minimum Gasteiger partial charge on any atom is -0.550 e. The fourth-order valence-corrected chi connectivity index (χ4v) is 3.87. The number of hydrogen-bond donors (Lipinski definition) is 5. The van der Waals surface area contributed by atoms with Crippen LogP contribution in [-0.4, -0.2) is 68.5 Å². The van der Waals surface area contributed by atoms with Gasteiger partial charge in [0.2, 0.25) is 0 Å². The van der Waals surface area contributed by atoms with Crippen LogP contribution in [0, 0.1) is 5.92 Å². The summed E-state index contributed by atoms with van der Waals surface area (Å²) in [4.78, 5) is 47.7. The smallest absolute Gasteiger partial charge is 0.550 e. The van der Waals surface area contributed by atoms with E-state index in [1.807, 2.05) is 6.07 Å². The third kappa shape index (κ3) is 6.09. The molecule has 1 fully saturated rings. The standard InChI is InChI=1S/C21H24N8O6.Na/c1-22-20(33)23-8-13-12(7-14(30)31)16(32)19(35-13)29-10-26-15-17(24-9-25-18(15)29)28-21(34)27-11-5-3-2-4-6-11;/h2-6,9-10,12-13,16,19,32H,7-8H2,1H3,(H,30,31)(H2,22,23,33)(H2,24,25,27,28,34);/q;+1/p-1/t12-,13-,16-,19-;/m1./s1. The normalized spacial score (nSPS) is 20.8. The maximum absolute atomic E-state index is 12.4. The number of anilines is 2. The Morgan fingerprint density at radius 3 is 2.56 bits per heavy atom. The first-order chi connectivity index (χ1) is 16.9. The van der Waals surface area contributed by atoms with Crippen LogP contribution >= 0.6 is 0 Å². The average molecular weight is 506 g/mol. The Bertz CT molecular complexity index is 1230. The van der Waals surface area contributed by atoms with Crippen molar-refractivity contribution in [3.63, 3.8) is 0 Å². The summed E-state index contributed by atoms with van der Waals surface area (Å²) in [6, 6.07) is 7.79. The van der Waals surface area contributed by atoms with Crippen molar-refractivity contribution in [1.29, 1.82) is 0 Å². The number of benzene rings is 1. The number of aliphatic hydroxyl groups excluding tert-OH is 1. The number of aliphatic carboxylic acids is 1. The van der Waals surface area contributed by atoms with Crippen LogP contribution in [0.15, 0.2) is 43.0 Å². The predicted molar refractivity (Wildman–Crippen MR) is 120 cm³/mol. The molecule has 4 amide bonds. The summed E-state index contributed by atoms with van der Waals surface area (Å²) in [6.07, 6.45) is -1.07. The maximum atomic E-state index is 12.4. The number of amides is 4. The average Bonchev–Trinajstić information content (AvgIpc) is 3.39. The van der Waals surface area contributed by atoms with Crippen molar-refractivity contribution in [2.75, 3.05) is 24.2 Å². The van der Waals surface area contributed by atoms with Crippen molar-refractivity contribution >= 4 is 40.7 Å². The number of carboxylic acids is 1. The summed E-state index contributed by atoms with van der Waals surface area (Å²) in [5.41, 5.74) is 1.06. The third-order valence-electron chi connectivity index (χ3n) is 5.51. The number of fused-ring (bicyclic) bond motifs is 1. The van der Waals surface area contributed by atoms with Gasteiger partial charge >= 0.3 is 41.6 Å². The second kappa shape index (κ2) is 12.1. The summed E-state index contributed by atoms with van der Waals surface area (Å²) < 4.78 is 7.33. The zero-order valence-electron chi connectivity index (χ0n) is 19.5. The number of aliphatic hydroxyl groups is 1. The number of carbonyl (C=O) groups is 3. The minimum absolute atomic E-state index is 0. The van der Waals surface area contributed by atoms with Crippen LogP contribution < -0.4 is 55.9 Å². The van der Waals surface area contributed by atoms with Crippen molar-refractivity contribution in [2.45, 2.75) is 24.9 Å². The van der Waals surface area contributed by atoms with E-state index in [0.29, 0.717) is 5.69 Å². The van der Waals surface area contributed by atoms with Crippen LogP contribution in [0.5, 0.6) is 0 Å². The SMILES string of the molecule is CNC(=O)NC[C@H]1O[C@@H](n2cnc3c(NC(=O)Nc4ccccc4)ncnc32)[C@H](O)[C@@H]1CC(=O)[O-].[Na+]. The molecule has 1 aliphatic rings. The minimum atomic E-state index is -1.36. The number of nitrogens with one attached hydrogen (secondary N) is 4. The van der Waals surface area contributed by atoms with Gasteiger partial charge in [-0.15, -0.1) is 0 Å². The molecule has 1 aliphatic heterocycles. The Hall–Kier alpha value is -3.30. The van der Waals surface area contributed by atoms with Crippen LogP contribution in [0.25, 0.3) is 11.2 Å². The predicted octanol–water partition coefficient (Wildman–Crippen LogP) is -3.58. The number of carbonyl (C=O) groups excluding carboxylic acids is 3. The second-order valence-electron chi connectivity index (χ2n) is 7.75. The molecule has 0 radical (unpaired) electrons. The summed E-state index contributed by atoms with van der Waals surface area (Å²) in [5.74, 6) is -2.11. The molecule has 5 N–H and O–H groups in total. The third-order valence-corrected chi connectivity index (χ3v) is 5.51. The van der Waals surface area contributed by atoms with Gasteiger partial charge in [-0.1, -0.05) is 18.2 Å². The van der Waals surface area contributed by atoms with Crippen LogP contribution in [-0.2, 0) is 9.53 Å². The number of rotatable bonds is 7. The molecule has 0 saturated carbocycles. The molecule has 2 aromatic heterocycles. The molecule has 0 aliphatic carbocycles. The van der Waals surface area contributed by atoms with Gasteiger partial charge in [-0.05, 0) is 18.6 Å². The van der Waals surface area contributed by atoms with E-state index in [-0.39, 0.29) is 53.1 Å². The molecule has 0 bridgehead atoms. The van der Waals surface area contributed by atoms with E-state index in [0.717, 1.165) is 0 Å². The summed E-state index contributed by atoms with van der Waals surface area (Å²) >= 11 is 0. The van der Waals surface area contributed by atoms with Gasteiger partial charge in [0.1, 0.15) is 12.4 Å².